The summed E-state index contributed by atoms with van der Waals surface area (Å²) in [6, 6.07) is 10.3. The fraction of sp³-hybridized carbons (Fsp3) is 0. The molecule has 0 radical (unpaired) electrons. The fourth-order valence-corrected chi connectivity index (χ4v) is 1.60. The molecule has 0 heterocycles. The monoisotopic (exact) mass is 259 g/mol. The second-order valence-corrected chi connectivity index (χ2v) is 3.88. The zero-order chi connectivity index (χ0) is 13.8. The first kappa shape index (κ1) is 13.0. The second-order valence-electron chi connectivity index (χ2n) is 3.88. The molecule has 2 aromatic carbocycles. The van der Waals surface area contributed by atoms with Crippen LogP contribution >= 0.6 is 0 Å². The van der Waals surface area contributed by atoms with Crippen LogP contribution in [0.5, 0.6) is 0 Å². The molecule has 1 N–H and O–H groups in total. The van der Waals surface area contributed by atoms with Crippen molar-refractivity contribution in [3.05, 3.63) is 71.8 Å². The van der Waals surface area contributed by atoms with Gasteiger partial charge < -0.3 is 5.32 Å². The van der Waals surface area contributed by atoms with E-state index in [1.54, 1.807) is 30.3 Å². The number of hydrogen-bond donors (Lipinski definition) is 1. The maximum Gasteiger partial charge on any atom is 0.255 e. The third-order valence-corrected chi connectivity index (χ3v) is 2.59. The molecule has 2 nitrogen and oxygen atoms in total. The van der Waals surface area contributed by atoms with E-state index in [0.29, 0.717) is 5.56 Å². The lowest BCUT2D eigenvalue weighted by molar-refractivity contribution is 0.102. The first-order valence-electron chi connectivity index (χ1n) is 5.59. The van der Waals surface area contributed by atoms with Crippen LogP contribution < -0.4 is 5.32 Å². The van der Waals surface area contributed by atoms with Gasteiger partial charge in [0, 0.05) is 17.2 Å². The quantitative estimate of drug-likeness (QED) is 0.891. The normalized spacial score (nSPS) is 10.0. The lowest BCUT2D eigenvalue weighted by Crippen LogP contribution is -2.13. The first-order chi connectivity index (χ1) is 9.11. The van der Waals surface area contributed by atoms with Crippen molar-refractivity contribution in [2.75, 3.05) is 5.32 Å². The number of rotatable bonds is 3. The fourth-order valence-electron chi connectivity index (χ4n) is 1.60. The topological polar surface area (TPSA) is 29.1 Å². The summed E-state index contributed by atoms with van der Waals surface area (Å²) in [7, 11) is 0. The molecule has 1 amide bonds. The minimum absolute atomic E-state index is 0.0786. The summed E-state index contributed by atoms with van der Waals surface area (Å²) in [6.45, 7) is 3.42. The number of carbonyl (C=O) groups is 1. The van der Waals surface area contributed by atoms with Gasteiger partial charge in [-0.2, -0.15) is 0 Å². The Morgan fingerprint density at radius 3 is 2.42 bits per heavy atom. The summed E-state index contributed by atoms with van der Waals surface area (Å²) in [5.41, 5.74) is 0.446. The van der Waals surface area contributed by atoms with Gasteiger partial charge in [0.25, 0.3) is 5.91 Å². The van der Waals surface area contributed by atoms with Crippen LogP contribution in [0.15, 0.2) is 49.0 Å². The van der Waals surface area contributed by atoms with Gasteiger partial charge >= 0.3 is 0 Å². The summed E-state index contributed by atoms with van der Waals surface area (Å²) in [5, 5.41) is 2.40. The number of nitrogens with one attached hydrogen (secondary N) is 1. The van der Waals surface area contributed by atoms with Crippen LogP contribution in [0.3, 0.4) is 0 Å². The summed E-state index contributed by atoms with van der Waals surface area (Å²) < 4.78 is 26.8. The average molecular weight is 259 g/mol. The lowest BCUT2D eigenvalue weighted by Gasteiger charge is -2.08. The Labute approximate surface area is 109 Å². The molecule has 0 atom stereocenters. The van der Waals surface area contributed by atoms with Gasteiger partial charge in [0.1, 0.15) is 11.6 Å². The Kier molecular flexibility index (Phi) is 3.71. The van der Waals surface area contributed by atoms with Crippen LogP contribution in [0.2, 0.25) is 0 Å². The predicted octanol–water partition coefficient (Wildman–Crippen LogP) is 3.86. The van der Waals surface area contributed by atoms with Crippen LogP contribution in [0.1, 0.15) is 15.9 Å². The molecule has 0 saturated heterocycles. The van der Waals surface area contributed by atoms with Crippen molar-refractivity contribution >= 4 is 17.7 Å². The van der Waals surface area contributed by atoms with E-state index in [2.05, 4.69) is 11.9 Å². The zero-order valence-electron chi connectivity index (χ0n) is 9.99. The van der Waals surface area contributed by atoms with Crippen LogP contribution in [0, 0.1) is 11.6 Å². The molecule has 0 aliphatic carbocycles. The molecule has 2 aromatic rings. The van der Waals surface area contributed by atoms with Gasteiger partial charge in [-0.25, -0.2) is 8.78 Å². The third kappa shape index (κ3) is 2.85. The van der Waals surface area contributed by atoms with E-state index in [-0.39, 0.29) is 11.3 Å². The summed E-state index contributed by atoms with van der Waals surface area (Å²) in [4.78, 5) is 11.9. The highest BCUT2D eigenvalue weighted by Gasteiger charge is 2.12. The van der Waals surface area contributed by atoms with Crippen molar-refractivity contribution in [2.24, 2.45) is 0 Å². The van der Waals surface area contributed by atoms with Gasteiger partial charge in [0.15, 0.2) is 0 Å². The molecule has 96 valence electrons. The van der Waals surface area contributed by atoms with Crippen LogP contribution in [0.4, 0.5) is 14.5 Å². The molecule has 0 fully saturated rings. The highest BCUT2D eigenvalue weighted by Crippen LogP contribution is 2.21. The molecule has 4 heteroatoms. The van der Waals surface area contributed by atoms with E-state index in [0.717, 1.165) is 6.07 Å². The Balaban J connectivity index is 2.29. The zero-order valence-corrected chi connectivity index (χ0v) is 9.99. The number of hydrogen-bond acceptors (Lipinski definition) is 1. The average Bonchev–Trinajstić information content (AvgIpc) is 2.42. The van der Waals surface area contributed by atoms with Crippen LogP contribution in [0.25, 0.3) is 6.08 Å². The standard InChI is InChI=1S/C15H11F2NO/c1-2-10-8-14(13(17)9-12(10)16)18-15(19)11-6-4-3-5-7-11/h2-9H,1H2,(H,18,19). The molecular weight excluding hydrogens is 248 g/mol. The van der Waals surface area contributed by atoms with Gasteiger partial charge in [-0.05, 0) is 18.2 Å². The minimum atomic E-state index is -0.826. The smallest absolute Gasteiger partial charge is 0.255 e. The summed E-state index contributed by atoms with van der Waals surface area (Å²) in [6.07, 6.45) is 1.26. The molecular formula is C15H11F2NO. The molecule has 0 saturated carbocycles. The van der Waals surface area contributed by atoms with E-state index < -0.39 is 17.5 Å². The lowest BCUT2D eigenvalue weighted by atomic mass is 10.1. The highest BCUT2D eigenvalue weighted by molar-refractivity contribution is 6.04. The van der Waals surface area contributed by atoms with Gasteiger partial charge in [0.05, 0.1) is 5.69 Å². The van der Waals surface area contributed by atoms with Crippen molar-refractivity contribution in [3.8, 4) is 0 Å². The number of carbonyl (C=O) groups excluding carboxylic acids is 1. The molecule has 0 bridgehead atoms. The molecule has 19 heavy (non-hydrogen) atoms. The number of anilines is 1. The van der Waals surface area contributed by atoms with E-state index in [9.17, 15) is 13.6 Å². The van der Waals surface area contributed by atoms with E-state index in [4.69, 9.17) is 0 Å². The number of benzene rings is 2. The van der Waals surface area contributed by atoms with Gasteiger partial charge in [-0.1, -0.05) is 30.9 Å². The Morgan fingerprint density at radius 1 is 1.11 bits per heavy atom. The molecule has 0 aromatic heterocycles. The maximum atomic E-state index is 13.6. The van der Waals surface area contributed by atoms with Crippen molar-refractivity contribution in [1.82, 2.24) is 0 Å². The molecule has 0 aliphatic rings. The van der Waals surface area contributed by atoms with Gasteiger partial charge in [-0.3, -0.25) is 4.79 Å². The Hall–Kier alpha value is -2.49. The Bertz CT molecular complexity index is 624. The van der Waals surface area contributed by atoms with E-state index >= 15 is 0 Å². The second kappa shape index (κ2) is 5.44. The maximum absolute atomic E-state index is 13.6. The molecule has 2 rings (SSSR count). The van der Waals surface area contributed by atoms with Crippen molar-refractivity contribution < 1.29 is 13.6 Å². The third-order valence-electron chi connectivity index (χ3n) is 2.59. The summed E-state index contributed by atoms with van der Waals surface area (Å²) in [5.74, 6) is -2.00. The largest absolute Gasteiger partial charge is 0.319 e. The van der Waals surface area contributed by atoms with Crippen LogP contribution in [-0.2, 0) is 0 Å². The molecule has 0 aliphatic heterocycles. The van der Waals surface area contributed by atoms with E-state index in [1.807, 2.05) is 0 Å². The molecule has 0 spiro atoms. The van der Waals surface area contributed by atoms with Gasteiger partial charge in [0.2, 0.25) is 0 Å². The number of halogens is 2. The minimum Gasteiger partial charge on any atom is -0.319 e. The van der Waals surface area contributed by atoms with Crippen molar-refractivity contribution in [3.63, 3.8) is 0 Å². The number of amides is 1. The SMILES string of the molecule is C=Cc1cc(NC(=O)c2ccccc2)c(F)cc1F. The van der Waals surface area contributed by atoms with Crippen molar-refractivity contribution in [2.45, 2.75) is 0 Å². The molecule has 0 unspecified atom stereocenters. The van der Waals surface area contributed by atoms with Crippen molar-refractivity contribution in [1.29, 1.82) is 0 Å². The predicted molar refractivity (Wildman–Crippen MR) is 70.8 cm³/mol. The highest BCUT2D eigenvalue weighted by atomic mass is 19.1. The summed E-state index contributed by atoms with van der Waals surface area (Å²) >= 11 is 0. The van der Waals surface area contributed by atoms with Gasteiger partial charge in [-0.15, -0.1) is 0 Å². The van der Waals surface area contributed by atoms with Crippen LogP contribution in [-0.4, -0.2) is 5.91 Å². The first-order valence-corrected chi connectivity index (χ1v) is 5.59. The Morgan fingerprint density at radius 2 is 1.79 bits per heavy atom. The van der Waals surface area contributed by atoms with E-state index in [1.165, 1.54) is 12.1 Å².